The zero-order chi connectivity index (χ0) is 16.7. The number of nitrogens with zero attached hydrogens (tertiary/aromatic N) is 2. The van der Waals surface area contributed by atoms with Crippen molar-refractivity contribution < 1.29 is 9.53 Å². The van der Waals surface area contributed by atoms with Gasteiger partial charge in [0.15, 0.2) is 0 Å². The molecule has 5 heteroatoms. The molecule has 0 fully saturated rings. The Hall–Kier alpha value is -2.66. The van der Waals surface area contributed by atoms with Crippen LogP contribution in [0.5, 0.6) is 5.75 Å². The number of likely N-dealkylation sites (N-methyl/N-ethyl adjacent to an activating group) is 1. The van der Waals surface area contributed by atoms with E-state index in [-0.39, 0.29) is 5.91 Å². The highest BCUT2D eigenvalue weighted by atomic mass is 32.1. The molecule has 0 atom stereocenters. The minimum absolute atomic E-state index is 0.137. The molecule has 24 heavy (non-hydrogen) atoms. The minimum atomic E-state index is 0.137. The molecular formula is C19H16N2O2S. The quantitative estimate of drug-likeness (QED) is 0.726. The number of hydrogen-bond donors (Lipinski definition) is 0. The van der Waals surface area contributed by atoms with Crippen molar-refractivity contribution >= 4 is 22.9 Å². The van der Waals surface area contributed by atoms with Crippen molar-refractivity contribution in [3.63, 3.8) is 0 Å². The van der Waals surface area contributed by atoms with Gasteiger partial charge in [-0.05, 0) is 29.8 Å². The second-order valence-electron chi connectivity index (χ2n) is 5.74. The van der Waals surface area contributed by atoms with E-state index in [2.05, 4.69) is 11.4 Å². The molecule has 1 amide bonds. The third kappa shape index (κ3) is 2.47. The first kappa shape index (κ1) is 14.9. The normalized spacial score (nSPS) is 13.2. The first-order chi connectivity index (χ1) is 11.7. The van der Waals surface area contributed by atoms with Gasteiger partial charge in [-0.3, -0.25) is 4.79 Å². The van der Waals surface area contributed by atoms with E-state index in [4.69, 9.17) is 9.72 Å². The average molecular weight is 336 g/mol. The second-order valence-corrected chi connectivity index (χ2v) is 6.60. The van der Waals surface area contributed by atoms with Crippen molar-refractivity contribution in [3.05, 3.63) is 53.4 Å². The van der Waals surface area contributed by atoms with Gasteiger partial charge in [-0.2, -0.15) is 0 Å². The maximum atomic E-state index is 11.8. The van der Waals surface area contributed by atoms with E-state index in [9.17, 15) is 4.79 Å². The molecule has 0 unspecified atom stereocenters. The van der Waals surface area contributed by atoms with Crippen LogP contribution in [0.4, 0.5) is 5.69 Å². The third-order valence-electron chi connectivity index (χ3n) is 4.27. The van der Waals surface area contributed by atoms with E-state index < -0.39 is 0 Å². The van der Waals surface area contributed by atoms with Gasteiger partial charge in [-0.1, -0.05) is 18.2 Å². The Bertz CT molecular complexity index is 933. The van der Waals surface area contributed by atoms with Crippen LogP contribution in [0.25, 0.3) is 21.8 Å². The van der Waals surface area contributed by atoms with Crippen molar-refractivity contribution in [1.82, 2.24) is 4.98 Å². The van der Waals surface area contributed by atoms with E-state index in [0.29, 0.717) is 6.42 Å². The molecule has 2 heterocycles. The van der Waals surface area contributed by atoms with Crippen LogP contribution in [-0.4, -0.2) is 25.0 Å². The largest absolute Gasteiger partial charge is 0.497 e. The van der Waals surface area contributed by atoms with Crippen molar-refractivity contribution in [2.24, 2.45) is 0 Å². The maximum Gasteiger partial charge on any atom is 0.231 e. The van der Waals surface area contributed by atoms with Gasteiger partial charge in [0.25, 0.3) is 0 Å². The molecule has 0 aliphatic carbocycles. The van der Waals surface area contributed by atoms with Crippen LogP contribution in [0.1, 0.15) is 5.56 Å². The fraction of sp³-hybridized carbons (Fsp3) is 0.158. The molecule has 4 nitrogen and oxygen atoms in total. The molecule has 1 aliphatic heterocycles. The lowest BCUT2D eigenvalue weighted by molar-refractivity contribution is -0.117. The Labute approximate surface area is 144 Å². The van der Waals surface area contributed by atoms with Crippen LogP contribution in [-0.2, 0) is 11.2 Å². The molecule has 0 N–H and O–H groups in total. The van der Waals surface area contributed by atoms with Crippen molar-refractivity contribution in [2.45, 2.75) is 6.42 Å². The molecule has 3 aromatic rings. The van der Waals surface area contributed by atoms with E-state index in [0.717, 1.165) is 38.8 Å². The number of methoxy groups -OCH3 is 1. The molecule has 0 spiro atoms. The molecule has 0 saturated heterocycles. The third-order valence-corrected chi connectivity index (χ3v) is 5.16. The fourth-order valence-corrected chi connectivity index (χ4v) is 3.75. The molecular weight excluding hydrogens is 320 g/mol. The SMILES string of the molecule is COc1cccc(-c2nc(-c3ccc4c(c3)CC(=O)N4C)cs2)c1. The summed E-state index contributed by atoms with van der Waals surface area (Å²) in [6.07, 6.45) is 0.465. The molecule has 0 bridgehead atoms. The minimum Gasteiger partial charge on any atom is -0.497 e. The number of carbonyl (C=O) groups is 1. The Morgan fingerprint density at radius 1 is 1.17 bits per heavy atom. The van der Waals surface area contributed by atoms with Crippen LogP contribution in [0.15, 0.2) is 47.8 Å². The van der Waals surface area contributed by atoms with E-state index in [1.807, 2.05) is 43.4 Å². The number of anilines is 1. The van der Waals surface area contributed by atoms with Gasteiger partial charge in [-0.15, -0.1) is 11.3 Å². The summed E-state index contributed by atoms with van der Waals surface area (Å²) in [7, 11) is 3.48. The predicted molar refractivity (Wildman–Crippen MR) is 96.7 cm³/mol. The van der Waals surface area contributed by atoms with Gasteiger partial charge in [-0.25, -0.2) is 4.98 Å². The number of carbonyl (C=O) groups excluding carboxylic acids is 1. The summed E-state index contributed by atoms with van der Waals surface area (Å²) < 4.78 is 5.28. The molecule has 4 rings (SSSR count). The lowest BCUT2D eigenvalue weighted by Gasteiger charge is -2.09. The molecule has 120 valence electrons. The number of ether oxygens (including phenoxy) is 1. The summed E-state index contributed by atoms with van der Waals surface area (Å²) in [5, 5.41) is 3.01. The number of rotatable bonds is 3. The molecule has 1 aromatic heterocycles. The first-order valence-corrected chi connectivity index (χ1v) is 8.53. The van der Waals surface area contributed by atoms with E-state index >= 15 is 0 Å². The van der Waals surface area contributed by atoms with Crippen LogP contribution in [0.3, 0.4) is 0 Å². The molecule has 1 aliphatic rings. The average Bonchev–Trinajstić information content (AvgIpc) is 3.20. The number of thiazole rings is 1. The van der Waals surface area contributed by atoms with Crippen LogP contribution in [0, 0.1) is 0 Å². The number of aromatic nitrogens is 1. The number of amides is 1. The van der Waals surface area contributed by atoms with Gasteiger partial charge in [0, 0.05) is 29.2 Å². The predicted octanol–water partition coefficient (Wildman–Crippen LogP) is 4.00. The van der Waals surface area contributed by atoms with E-state index in [1.54, 1.807) is 23.3 Å². The number of hydrogen-bond acceptors (Lipinski definition) is 4. The summed E-state index contributed by atoms with van der Waals surface area (Å²) >= 11 is 1.61. The Morgan fingerprint density at radius 2 is 2.04 bits per heavy atom. The lowest BCUT2D eigenvalue weighted by Crippen LogP contribution is -2.20. The smallest absolute Gasteiger partial charge is 0.231 e. The fourth-order valence-electron chi connectivity index (χ4n) is 2.92. The van der Waals surface area contributed by atoms with Crippen LogP contribution < -0.4 is 9.64 Å². The molecule has 0 saturated carbocycles. The van der Waals surface area contributed by atoms with Gasteiger partial charge >= 0.3 is 0 Å². The van der Waals surface area contributed by atoms with Crippen LogP contribution in [0.2, 0.25) is 0 Å². The summed E-state index contributed by atoms with van der Waals surface area (Å²) in [5.41, 5.74) is 5.08. The summed E-state index contributed by atoms with van der Waals surface area (Å²) in [6.45, 7) is 0. The zero-order valence-electron chi connectivity index (χ0n) is 13.4. The van der Waals surface area contributed by atoms with Gasteiger partial charge < -0.3 is 9.64 Å². The summed E-state index contributed by atoms with van der Waals surface area (Å²) in [6, 6.07) is 14.0. The number of benzene rings is 2. The summed E-state index contributed by atoms with van der Waals surface area (Å²) in [4.78, 5) is 18.3. The highest BCUT2D eigenvalue weighted by Gasteiger charge is 2.24. The van der Waals surface area contributed by atoms with Crippen LogP contribution >= 0.6 is 11.3 Å². The molecule has 0 radical (unpaired) electrons. The van der Waals surface area contributed by atoms with Crippen molar-refractivity contribution in [3.8, 4) is 27.6 Å². The highest BCUT2D eigenvalue weighted by Crippen LogP contribution is 2.34. The topological polar surface area (TPSA) is 42.4 Å². The first-order valence-electron chi connectivity index (χ1n) is 7.65. The molecule has 2 aromatic carbocycles. The Kier molecular flexibility index (Phi) is 3.58. The highest BCUT2D eigenvalue weighted by molar-refractivity contribution is 7.13. The maximum absolute atomic E-state index is 11.8. The van der Waals surface area contributed by atoms with E-state index in [1.165, 1.54) is 0 Å². The Balaban J connectivity index is 1.68. The monoisotopic (exact) mass is 336 g/mol. The Morgan fingerprint density at radius 3 is 2.88 bits per heavy atom. The van der Waals surface area contributed by atoms with Gasteiger partial charge in [0.05, 0.1) is 19.2 Å². The summed E-state index contributed by atoms with van der Waals surface area (Å²) in [5.74, 6) is 0.959. The van der Waals surface area contributed by atoms with Gasteiger partial charge in [0.1, 0.15) is 10.8 Å². The zero-order valence-corrected chi connectivity index (χ0v) is 14.3. The van der Waals surface area contributed by atoms with Gasteiger partial charge in [0.2, 0.25) is 5.91 Å². The second kappa shape index (κ2) is 5.76. The standard InChI is InChI=1S/C19H16N2O2S/c1-21-17-7-6-12(8-14(17)10-18(21)22)16-11-24-19(20-16)13-4-3-5-15(9-13)23-2/h3-9,11H,10H2,1-2H3. The van der Waals surface area contributed by atoms with Crippen molar-refractivity contribution in [2.75, 3.05) is 19.1 Å². The lowest BCUT2D eigenvalue weighted by atomic mass is 10.1. The number of fused-ring (bicyclic) bond motifs is 1. The van der Waals surface area contributed by atoms with Crippen molar-refractivity contribution in [1.29, 1.82) is 0 Å².